The molecule has 0 aliphatic carbocycles. The zero-order valence-corrected chi connectivity index (χ0v) is 18.3. The van der Waals surface area contributed by atoms with Crippen molar-refractivity contribution in [2.24, 2.45) is 11.7 Å². The number of amides is 4. The third-order valence-electron chi connectivity index (χ3n) is 4.20. The van der Waals surface area contributed by atoms with Gasteiger partial charge < -0.3 is 26.4 Å². The maximum absolute atomic E-state index is 12.4. The number of hydrogen-bond donors (Lipinski definition) is 4. The first-order valence-corrected chi connectivity index (χ1v) is 10.2. The number of nitrogens with zero attached hydrogens (tertiary/aromatic N) is 1. The summed E-state index contributed by atoms with van der Waals surface area (Å²) in [6.07, 6.45) is -0.285. The summed E-state index contributed by atoms with van der Waals surface area (Å²) in [7, 11) is 1.58. The average Bonchev–Trinajstić information content (AvgIpc) is 2.73. The lowest BCUT2D eigenvalue weighted by Crippen LogP contribution is -2.48. The number of likely N-dealkylation sites (N-methyl/N-ethyl adjacent to an activating group) is 1. The van der Waals surface area contributed by atoms with Crippen molar-refractivity contribution >= 4 is 23.8 Å². The highest BCUT2D eigenvalue weighted by Crippen LogP contribution is 2.04. The van der Waals surface area contributed by atoms with Crippen LogP contribution in [0.3, 0.4) is 0 Å². The molecular formula is C21H33N5O5. The van der Waals surface area contributed by atoms with E-state index in [0.717, 1.165) is 10.5 Å². The zero-order chi connectivity index (χ0) is 23.2. The van der Waals surface area contributed by atoms with E-state index in [1.54, 1.807) is 19.2 Å². The maximum atomic E-state index is 12.4. The fourth-order valence-corrected chi connectivity index (χ4v) is 2.64. The lowest BCUT2D eigenvalue weighted by atomic mass is 10.0. The van der Waals surface area contributed by atoms with Crippen LogP contribution < -0.4 is 21.7 Å². The Kier molecular flexibility index (Phi) is 11.9. The molecule has 10 nitrogen and oxygen atoms in total. The molecule has 0 heterocycles. The molecule has 0 radical (unpaired) electrons. The summed E-state index contributed by atoms with van der Waals surface area (Å²) in [4.78, 5) is 49.3. The number of nitrogens with one attached hydrogen (secondary N) is 3. The molecule has 0 aliphatic rings. The maximum Gasteiger partial charge on any atom is 0.416 e. The van der Waals surface area contributed by atoms with Crippen LogP contribution in [0.2, 0.25) is 0 Å². The minimum atomic E-state index is -0.800. The first-order valence-electron chi connectivity index (χ1n) is 10.2. The molecule has 5 N–H and O–H groups in total. The number of benzene rings is 1. The Morgan fingerprint density at radius 1 is 1.06 bits per heavy atom. The van der Waals surface area contributed by atoms with Crippen LogP contribution in [0.1, 0.15) is 25.8 Å². The fourth-order valence-electron chi connectivity index (χ4n) is 2.64. The Morgan fingerprint density at radius 3 is 2.35 bits per heavy atom. The Bertz CT molecular complexity index is 726. The molecule has 0 aromatic heterocycles. The number of hydrogen-bond acceptors (Lipinski definition) is 7. The van der Waals surface area contributed by atoms with Crippen molar-refractivity contribution in [3.8, 4) is 0 Å². The average molecular weight is 436 g/mol. The predicted octanol–water partition coefficient (Wildman–Crippen LogP) is -0.0230. The van der Waals surface area contributed by atoms with Crippen LogP contribution >= 0.6 is 0 Å². The molecule has 10 heteroatoms. The molecule has 31 heavy (non-hydrogen) atoms. The SMILES string of the molecule is CNCC(=O)N(CCNC(=O)CNC(=O)[C@@H](N)CC(C)C)C(=O)OCc1ccccc1. The van der Waals surface area contributed by atoms with Crippen LogP contribution in [0.25, 0.3) is 0 Å². The molecule has 1 rings (SSSR count). The normalized spacial score (nSPS) is 11.5. The van der Waals surface area contributed by atoms with E-state index < -0.39 is 29.9 Å². The van der Waals surface area contributed by atoms with Crippen LogP contribution in [-0.2, 0) is 25.7 Å². The van der Waals surface area contributed by atoms with Crippen LogP contribution in [0.4, 0.5) is 4.79 Å². The molecule has 172 valence electrons. The van der Waals surface area contributed by atoms with Crippen LogP contribution in [0, 0.1) is 5.92 Å². The first-order chi connectivity index (χ1) is 14.7. The van der Waals surface area contributed by atoms with Gasteiger partial charge in [-0.1, -0.05) is 44.2 Å². The molecule has 0 saturated heterocycles. The summed E-state index contributed by atoms with van der Waals surface area (Å²) in [5.74, 6) is -1.08. The molecule has 0 fully saturated rings. The summed E-state index contributed by atoms with van der Waals surface area (Å²) in [5.41, 5.74) is 6.55. The number of carbonyl (C=O) groups is 4. The highest BCUT2D eigenvalue weighted by atomic mass is 16.6. The van der Waals surface area contributed by atoms with E-state index in [0.29, 0.717) is 6.42 Å². The monoisotopic (exact) mass is 435 g/mol. The molecule has 0 unspecified atom stereocenters. The minimum absolute atomic E-state index is 0.0165. The van der Waals surface area contributed by atoms with Crippen molar-refractivity contribution in [1.29, 1.82) is 0 Å². The smallest absolute Gasteiger partial charge is 0.416 e. The lowest BCUT2D eigenvalue weighted by Gasteiger charge is -2.20. The van der Waals surface area contributed by atoms with Crippen molar-refractivity contribution in [3.05, 3.63) is 35.9 Å². The largest absolute Gasteiger partial charge is 0.444 e. The highest BCUT2D eigenvalue weighted by molar-refractivity contribution is 5.93. The second-order valence-electron chi connectivity index (χ2n) is 7.42. The number of carbonyl (C=O) groups excluding carboxylic acids is 4. The third kappa shape index (κ3) is 10.6. The molecule has 4 amide bonds. The Labute approximate surface area is 182 Å². The minimum Gasteiger partial charge on any atom is -0.444 e. The first kappa shape index (κ1) is 26.1. The zero-order valence-electron chi connectivity index (χ0n) is 18.3. The van der Waals surface area contributed by atoms with Gasteiger partial charge in [0.2, 0.25) is 17.7 Å². The van der Waals surface area contributed by atoms with Gasteiger partial charge in [-0.3, -0.25) is 14.4 Å². The second-order valence-corrected chi connectivity index (χ2v) is 7.42. The van der Waals surface area contributed by atoms with E-state index in [2.05, 4.69) is 16.0 Å². The van der Waals surface area contributed by atoms with Gasteiger partial charge in [0.05, 0.1) is 19.1 Å². The molecule has 1 aromatic carbocycles. The number of imide groups is 1. The molecule has 0 saturated carbocycles. The molecule has 0 spiro atoms. The summed E-state index contributed by atoms with van der Waals surface area (Å²) < 4.78 is 5.21. The van der Waals surface area contributed by atoms with E-state index in [1.807, 2.05) is 32.0 Å². The van der Waals surface area contributed by atoms with Gasteiger partial charge in [-0.2, -0.15) is 0 Å². The number of rotatable bonds is 12. The third-order valence-corrected chi connectivity index (χ3v) is 4.20. The quantitative estimate of drug-likeness (QED) is 0.361. The van der Waals surface area contributed by atoms with Gasteiger partial charge in [-0.15, -0.1) is 0 Å². The lowest BCUT2D eigenvalue weighted by molar-refractivity contribution is -0.129. The van der Waals surface area contributed by atoms with Gasteiger partial charge in [0.15, 0.2) is 0 Å². The van der Waals surface area contributed by atoms with E-state index >= 15 is 0 Å². The Balaban J connectivity index is 2.47. The fraction of sp³-hybridized carbons (Fsp3) is 0.524. The van der Waals surface area contributed by atoms with Gasteiger partial charge in [0.1, 0.15) is 6.61 Å². The van der Waals surface area contributed by atoms with Crippen molar-refractivity contribution in [1.82, 2.24) is 20.9 Å². The van der Waals surface area contributed by atoms with Crippen molar-refractivity contribution in [2.45, 2.75) is 32.9 Å². The van der Waals surface area contributed by atoms with Crippen molar-refractivity contribution in [3.63, 3.8) is 0 Å². The van der Waals surface area contributed by atoms with Crippen LogP contribution in [-0.4, -0.2) is 68.0 Å². The topological polar surface area (TPSA) is 143 Å². The summed E-state index contributed by atoms with van der Waals surface area (Å²) in [6.45, 7) is 3.57. The molecule has 1 atom stereocenters. The standard InChI is InChI=1S/C21H33N5O5/c1-15(2)11-17(22)20(29)25-12-18(27)24-9-10-26(19(28)13-23-3)21(30)31-14-16-7-5-4-6-8-16/h4-8,15,17,23H,9-14,22H2,1-3H3,(H,24,27)(H,25,29)/t17-/m0/s1. The van der Waals surface area contributed by atoms with E-state index in [4.69, 9.17) is 10.5 Å². The molecule has 0 bridgehead atoms. The van der Waals surface area contributed by atoms with Gasteiger partial charge >= 0.3 is 6.09 Å². The molecule has 0 aliphatic heterocycles. The molecule has 1 aromatic rings. The van der Waals surface area contributed by atoms with Gasteiger partial charge in [-0.05, 0) is 24.9 Å². The van der Waals surface area contributed by atoms with Crippen molar-refractivity contribution in [2.75, 3.05) is 33.2 Å². The van der Waals surface area contributed by atoms with E-state index in [9.17, 15) is 19.2 Å². The van der Waals surface area contributed by atoms with Crippen LogP contribution in [0.15, 0.2) is 30.3 Å². The van der Waals surface area contributed by atoms with Crippen LogP contribution in [0.5, 0.6) is 0 Å². The summed E-state index contributed by atoms with van der Waals surface area (Å²) in [6, 6.07) is 8.40. The van der Waals surface area contributed by atoms with E-state index in [-0.39, 0.29) is 38.7 Å². The van der Waals surface area contributed by atoms with Crippen molar-refractivity contribution < 1.29 is 23.9 Å². The van der Waals surface area contributed by atoms with Gasteiger partial charge in [0.25, 0.3) is 0 Å². The number of nitrogens with two attached hydrogens (primary N) is 1. The summed E-state index contributed by atoms with van der Waals surface area (Å²) >= 11 is 0. The van der Waals surface area contributed by atoms with Gasteiger partial charge in [-0.25, -0.2) is 9.69 Å². The van der Waals surface area contributed by atoms with Gasteiger partial charge in [0, 0.05) is 13.1 Å². The predicted molar refractivity (Wildman–Crippen MR) is 116 cm³/mol. The number of ether oxygens (including phenoxy) is 1. The molecular weight excluding hydrogens is 402 g/mol. The Morgan fingerprint density at radius 2 is 1.74 bits per heavy atom. The highest BCUT2D eigenvalue weighted by Gasteiger charge is 2.22. The second kappa shape index (κ2) is 14.1. The Hall–Kier alpha value is -2.98. The summed E-state index contributed by atoms with van der Waals surface area (Å²) in [5, 5.41) is 7.72. The van der Waals surface area contributed by atoms with E-state index in [1.165, 1.54) is 0 Å².